The van der Waals surface area contributed by atoms with E-state index in [2.05, 4.69) is 25.3 Å². The molecule has 6 rings (SSSR count). The van der Waals surface area contributed by atoms with Crippen LogP contribution >= 0.6 is 11.6 Å². The highest BCUT2D eigenvalue weighted by atomic mass is 35.5. The van der Waals surface area contributed by atoms with E-state index < -0.39 is 5.41 Å². The van der Waals surface area contributed by atoms with Gasteiger partial charge in [0.15, 0.2) is 11.5 Å². The van der Waals surface area contributed by atoms with Crippen molar-refractivity contribution in [2.24, 2.45) is 0 Å². The van der Waals surface area contributed by atoms with E-state index in [0.29, 0.717) is 38.9 Å². The van der Waals surface area contributed by atoms with Crippen LogP contribution < -0.4 is 11.1 Å². The topological polar surface area (TPSA) is 124 Å². The van der Waals surface area contributed by atoms with E-state index in [1.807, 2.05) is 6.92 Å². The fourth-order valence-corrected chi connectivity index (χ4v) is 4.73. The van der Waals surface area contributed by atoms with Gasteiger partial charge in [0, 0.05) is 31.2 Å². The zero-order valence-corrected chi connectivity index (χ0v) is 20.6. The Balaban J connectivity index is 1.47. The molecule has 1 unspecified atom stereocenters. The summed E-state index contributed by atoms with van der Waals surface area (Å²) in [7, 11) is 0. The minimum absolute atomic E-state index is 0.124. The van der Waals surface area contributed by atoms with E-state index in [1.165, 1.54) is 12.3 Å². The molecule has 1 aliphatic rings. The molecule has 5 heterocycles. The molecular weight excluding hydrogens is 495 g/mol. The summed E-state index contributed by atoms with van der Waals surface area (Å²) in [4.78, 5) is 35.8. The number of hydrogen-bond acceptors (Lipinski definition) is 7. The number of anilines is 2. The zero-order valence-electron chi connectivity index (χ0n) is 19.8. The second kappa shape index (κ2) is 8.31. The van der Waals surface area contributed by atoms with Crippen LogP contribution in [-0.4, -0.2) is 35.2 Å². The molecule has 0 radical (unpaired) electrons. The third kappa shape index (κ3) is 3.60. The van der Waals surface area contributed by atoms with Gasteiger partial charge in [-0.15, -0.1) is 0 Å². The SMILES string of the molecule is Cc1cc(C2(C)C(=O)Nc3nc(-c4cn5ccnc5c(Cc5ccccc5F)n4)nc(N)c32)ncc1Cl. The summed E-state index contributed by atoms with van der Waals surface area (Å²) in [5.74, 6) is -0.0314. The number of fused-ring (bicyclic) bond motifs is 2. The Hall–Kier alpha value is -4.44. The molecule has 0 spiro atoms. The van der Waals surface area contributed by atoms with Crippen LogP contribution in [0.3, 0.4) is 0 Å². The number of nitrogens with two attached hydrogens (primary N) is 1. The van der Waals surface area contributed by atoms with Gasteiger partial charge in [-0.2, -0.15) is 0 Å². The first-order chi connectivity index (χ1) is 17.8. The Bertz CT molecular complexity index is 1740. The fraction of sp³-hybridized carbons (Fsp3) is 0.154. The average Bonchev–Trinajstić information content (AvgIpc) is 3.45. The normalized spacial score (nSPS) is 16.7. The first-order valence-electron chi connectivity index (χ1n) is 11.4. The van der Waals surface area contributed by atoms with Gasteiger partial charge in [0.1, 0.15) is 28.6 Å². The van der Waals surface area contributed by atoms with Crippen LogP contribution in [0, 0.1) is 12.7 Å². The number of aromatic nitrogens is 6. The average molecular weight is 515 g/mol. The van der Waals surface area contributed by atoms with E-state index in [9.17, 15) is 9.18 Å². The predicted octanol–water partition coefficient (Wildman–Crippen LogP) is 4.11. The highest BCUT2D eigenvalue weighted by Crippen LogP contribution is 2.44. The molecule has 0 bridgehead atoms. The number of halogens is 2. The number of nitrogen functional groups attached to an aromatic ring is 1. The van der Waals surface area contributed by atoms with Gasteiger partial charge in [0.05, 0.1) is 22.0 Å². The number of aryl methyl sites for hydroxylation is 1. The van der Waals surface area contributed by atoms with Crippen molar-refractivity contribution in [2.45, 2.75) is 25.7 Å². The second-order valence-electron chi connectivity index (χ2n) is 9.05. The second-order valence-corrected chi connectivity index (χ2v) is 9.46. The molecule has 184 valence electrons. The number of carbonyl (C=O) groups is 1. The lowest BCUT2D eigenvalue weighted by Crippen LogP contribution is -2.34. The maximum Gasteiger partial charge on any atom is 0.242 e. The highest BCUT2D eigenvalue weighted by Gasteiger charge is 2.48. The van der Waals surface area contributed by atoms with Crippen molar-refractivity contribution >= 4 is 34.8 Å². The monoisotopic (exact) mass is 514 g/mol. The van der Waals surface area contributed by atoms with Gasteiger partial charge in [0.25, 0.3) is 0 Å². The van der Waals surface area contributed by atoms with Crippen molar-refractivity contribution in [1.29, 1.82) is 0 Å². The molecule has 0 saturated heterocycles. The van der Waals surface area contributed by atoms with Gasteiger partial charge >= 0.3 is 0 Å². The van der Waals surface area contributed by atoms with Gasteiger partial charge in [-0.05, 0) is 37.1 Å². The third-order valence-electron chi connectivity index (χ3n) is 6.67. The van der Waals surface area contributed by atoms with Gasteiger partial charge in [-0.1, -0.05) is 29.8 Å². The van der Waals surface area contributed by atoms with Crippen LogP contribution in [-0.2, 0) is 16.6 Å². The number of carbonyl (C=O) groups excluding carboxylic acids is 1. The van der Waals surface area contributed by atoms with Crippen LogP contribution in [0.2, 0.25) is 5.02 Å². The lowest BCUT2D eigenvalue weighted by Gasteiger charge is -2.22. The zero-order chi connectivity index (χ0) is 25.9. The molecule has 9 nitrogen and oxygen atoms in total. The van der Waals surface area contributed by atoms with Gasteiger partial charge in [0.2, 0.25) is 5.91 Å². The standard InChI is InChI=1S/C26H20ClFN8O/c1-13-9-19(31-11-15(13)27)26(2)20-21(29)33-22(34-23(20)35-25(26)37)18-12-36-8-7-30-24(36)17(32-18)10-14-5-3-4-6-16(14)28/h3-9,11-12H,10H2,1-2H3,(H3,29,33,34,35,37). The van der Waals surface area contributed by atoms with E-state index in [0.717, 1.165) is 5.56 Å². The molecular formula is C26H20ClFN8O. The van der Waals surface area contributed by atoms with Crippen LogP contribution in [0.4, 0.5) is 16.0 Å². The Kier molecular flexibility index (Phi) is 5.16. The largest absolute Gasteiger partial charge is 0.383 e. The summed E-state index contributed by atoms with van der Waals surface area (Å²) >= 11 is 6.15. The summed E-state index contributed by atoms with van der Waals surface area (Å²) in [6.07, 6.45) is 6.84. The number of nitrogens with one attached hydrogen (secondary N) is 1. The number of hydrogen-bond donors (Lipinski definition) is 2. The van der Waals surface area contributed by atoms with Gasteiger partial charge in [-0.25, -0.2) is 24.3 Å². The third-order valence-corrected chi connectivity index (χ3v) is 7.07. The Morgan fingerprint density at radius 3 is 2.78 bits per heavy atom. The Labute approximate surface area is 215 Å². The van der Waals surface area contributed by atoms with Gasteiger partial charge < -0.3 is 15.5 Å². The molecule has 0 fully saturated rings. The van der Waals surface area contributed by atoms with Crippen LogP contribution in [0.1, 0.15) is 35.0 Å². The molecule has 11 heteroatoms. The molecule has 37 heavy (non-hydrogen) atoms. The quantitative estimate of drug-likeness (QED) is 0.370. The minimum Gasteiger partial charge on any atom is -0.383 e. The molecule has 0 saturated carbocycles. The highest BCUT2D eigenvalue weighted by molar-refractivity contribution is 6.31. The van der Waals surface area contributed by atoms with Crippen molar-refractivity contribution in [1.82, 2.24) is 29.3 Å². The molecule has 1 atom stereocenters. The lowest BCUT2D eigenvalue weighted by atomic mass is 9.80. The maximum absolute atomic E-state index is 14.4. The van der Waals surface area contributed by atoms with Crippen LogP contribution in [0.25, 0.3) is 17.2 Å². The summed E-state index contributed by atoms with van der Waals surface area (Å²) in [5, 5.41) is 3.32. The lowest BCUT2D eigenvalue weighted by molar-refractivity contribution is -0.119. The van der Waals surface area contributed by atoms with Gasteiger partial charge in [-0.3, -0.25) is 9.78 Å². The summed E-state index contributed by atoms with van der Waals surface area (Å²) in [6, 6.07) is 8.27. The molecule has 4 aromatic heterocycles. The number of amides is 1. The van der Waals surface area contributed by atoms with E-state index in [4.69, 9.17) is 22.3 Å². The van der Waals surface area contributed by atoms with E-state index in [1.54, 1.807) is 54.2 Å². The number of imidazole rings is 1. The fourth-order valence-electron chi connectivity index (χ4n) is 4.62. The first kappa shape index (κ1) is 23.0. The van der Waals surface area contributed by atoms with Crippen molar-refractivity contribution < 1.29 is 9.18 Å². The smallest absolute Gasteiger partial charge is 0.242 e. The van der Waals surface area contributed by atoms with Crippen molar-refractivity contribution in [3.8, 4) is 11.5 Å². The molecule has 1 amide bonds. The van der Waals surface area contributed by atoms with E-state index >= 15 is 0 Å². The van der Waals surface area contributed by atoms with Crippen LogP contribution in [0.5, 0.6) is 0 Å². The molecule has 0 aliphatic carbocycles. The Morgan fingerprint density at radius 2 is 2.00 bits per heavy atom. The predicted molar refractivity (Wildman–Crippen MR) is 137 cm³/mol. The first-order valence-corrected chi connectivity index (χ1v) is 11.8. The van der Waals surface area contributed by atoms with Crippen molar-refractivity contribution in [3.63, 3.8) is 0 Å². The Morgan fingerprint density at radius 1 is 1.19 bits per heavy atom. The number of pyridine rings is 1. The maximum atomic E-state index is 14.4. The molecule has 3 N–H and O–H groups in total. The summed E-state index contributed by atoms with van der Waals surface area (Å²) in [5.41, 5.74) is 8.95. The number of nitrogens with zero attached hydrogens (tertiary/aromatic N) is 6. The van der Waals surface area contributed by atoms with Crippen molar-refractivity contribution in [3.05, 3.63) is 94.0 Å². The summed E-state index contributed by atoms with van der Waals surface area (Å²) < 4.78 is 16.1. The molecule has 1 aliphatic heterocycles. The number of rotatable bonds is 4. The minimum atomic E-state index is -1.20. The van der Waals surface area contributed by atoms with Crippen LogP contribution in [0.15, 0.2) is 55.1 Å². The molecule has 5 aromatic rings. The summed E-state index contributed by atoms with van der Waals surface area (Å²) in [6.45, 7) is 3.57. The van der Waals surface area contributed by atoms with Crippen molar-refractivity contribution in [2.75, 3.05) is 11.1 Å². The molecule has 1 aromatic carbocycles. The number of benzene rings is 1. The van der Waals surface area contributed by atoms with E-state index in [-0.39, 0.29) is 35.6 Å².